The lowest BCUT2D eigenvalue weighted by Crippen LogP contribution is -2.08. The van der Waals surface area contributed by atoms with Crippen LogP contribution in [0.15, 0.2) is 24.4 Å². The average molecular weight is 269 g/mol. The van der Waals surface area contributed by atoms with Crippen LogP contribution in [0, 0.1) is 13.8 Å². The zero-order chi connectivity index (χ0) is 14.2. The van der Waals surface area contributed by atoms with Crippen molar-refractivity contribution < 1.29 is 13.2 Å². The number of rotatable bonds is 2. The lowest BCUT2D eigenvalue weighted by atomic mass is 10.1. The van der Waals surface area contributed by atoms with Gasteiger partial charge in [-0.15, -0.1) is 0 Å². The highest BCUT2D eigenvalue weighted by Gasteiger charge is 2.32. The SMILES string of the molecule is Cc1cn(C)c(Nc2ccc(C)c(C(F)(F)F)c2)n1. The molecule has 0 fully saturated rings. The summed E-state index contributed by atoms with van der Waals surface area (Å²) in [5, 5.41) is 2.88. The third-order valence-corrected chi connectivity index (χ3v) is 2.80. The van der Waals surface area contributed by atoms with E-state index in [1.165, 1.54) is 13.0 Å². The predicted molar refractivity (Wildman–Crippen MR) is 67.4 cm³/mol. The van der Waals surface area contributed by atoms with E-state index in [-0.39, 0.29) is 5.56 Å². The van der Waals surface area contributed by atoms with Crippen LogP contribution in [0.3, 0.4) is 0 Å². The Bertz CT molecular complexity index is 600. The summed E-state index contributed by atoms with van der Waals surface area (Å²) in [6.07, 6.45) is -2.56. The molecule has 0 saturated heterocycles. The Labute approximate surface area is 109 Å². The minimum atomic E-state index is -4.35. The highest BCUT2D eigenvalue weighted by molar-refractivity contribution is 5.56. The number of aromatic nitrogens is 2. The zero-order valence-corrected chi connectivity index (χ0v) is 10.8. The Morgan fingerprint density at radius 1 is 1.21 bits per heavy atom. The van der Waals surface area contributed by atoms with Gasteiger partial charge in [0.25, 0.3) is 0 Å². The van der Waals surface area contributed by atoms with E-state index in [0.29, 0.717) is 11.6 Å². The summed E-state index contributed by atoms with van der Waals surface area (Å²) in [5.41, 5.74) is 0.734. The maximum atomic E-state index is 12.8. The van der Waals surface area contributed by atoms with Crippen molar-refractivity contribution in [2.75, 3.05) is 5.32 Å². The van der Waals surface area contributed by atoms with Crippen molar-refractivity contribution in [1.82, 2.24) is 9.55 Å². The van der Waals surface area contributed by atoms with Crippen molar-refractivity contribution in [1.29, 1.82) is 0 Å². The molecular weight excluding hydrogens is 255 g/mol. The largest absolute Gasteiger partial charge is 0.416 e. The quantitative estimate of drug-likeness (QED) is 0.898. The van der Waals surface area contributed by atoms with Crippen LogP contribution in [-0.4, -0.2) is 9.55 Å². The van der Waals surface area contributed by atoms with Crippen LogP contribution >= 0.6 is 0 Å². The van der Waals surface area contributed by atoms with Crippen LogP contribution in [0.4, 0.5) is 24.8 Å². The first-order chi connectivity index (χ1) is 8.77. The van der Waals surface area contributed by atoms with Crippen molar-refractivity contribution in [2.45, 2.75) is 20.0 Å². The summed E-state index contributed by atoms with van der Waals surface area (Å²) in [7, 11) is 1.78. The first-order valence-corrected chi connectivity index (χ1v) is 5.72. The molecule has 0 amide bonds. The summed E-state index contributed by atoms with van der Waals surface area (Å²) >= 11 is 0. The molecule has 0 aliphatic rings. The fraction of sp³-hybridized carbons (Fsp3) is 0.308. The van der Waals surface area contributed by atoms with Crippen LogP contribution in [0.2, 0.25) is 0 Å². The van der Waals surface area contributed by atoms with Gasteiger partial charge in [0.05, 0.1) is 11.3 Å². The number of hydrogen-bond donors (Lipinski definition) is 1. The Balaban J connectivity index is 2.34. The molecular formula is C13H14F3N3. The van der Waals surface area contributed by atoms with Crippen molar-refractivity contribution in [3.05, 3.63) is 41.2 Å². The van der Waals surface area contributed by atoms with Gasteiger partial charge in [-0.25, -0.2) is 4.98 Å². The molecule has 2 rings (SSSR count). The molecule has 3 nitrogen and oxygen atoms in total. The van der Waals surface area contributed by atoms with Gasteiger partial charge in [-0.3, -0.25) is 0 Å². The predicted octanol–water partition coefficient (Wildman–Crippen LogP) is 3.80. The van der Waals surface area contributed by atoms with Gasteiger partial charge in [0.2, 0.25) is 5.95 Å². The first kappa shape index (κ1) is 13.5. The second-order valence-electron chi connectivity index (χ2n) is 4.47. The van der Waals surface area contributed by atoms with E-state index in [1.807, 2.05) is 6.92 Å². The van der Waals surface area contributed by atoms with Crippen LogP contribution in [0.25, 0.3) is 0 Å². The van der Waals surface area contributed by atoms with Crippen LogP contribution < -0.4 is 5.32 Å². The number of aryl methyl sites for hydroxylation is 3. The maximum absolute atomic E-state index is 12.8. The number of hydrogen-bond acceptors (Lipinski definition) is 2. The third kappa shape index (κ3) is 2.89. The molecule has 0 spiro atoms. The highest BCUT2D eigenvalue weighted by atomic mass is 19.4. The number of benzene rings is 1. The Morgan fingerprint density at radius 3 is 2.42 bits per heavy atom. The second-order valence-corrected chi connectivity index (χ2v) is 4.47. The normalized spacial score (nSPS) is 11.7. The topological polar surface area (TPSA) is 29.9 Å². The van der Waals surface area contributed by atoms with Crippen LogP contribution in [0.1, 0.15) is 16.8 Å². The molecule has 102 valence electrons. The third-order valence-electron chi connectivity index (χ3n) is 2.80. The Hall–Kier alpha value is -1.98. The molecule has 0 atom stereocenters. The Morgan fingerprint density at radius 2 is 1.89 bits per heavy atom. The molecule has 6 heteroatoms. The average Bonchev–Trinajstić information content (AvgIpc) is 2.58. The summed E-state index contributed by atoms with van der Waals surface area (Å²) in [6, 6.07) is 4.15. The van der Waals surface area contributed by atoms with E-state index in [1.54, 1.807) is 23.9 Å². The van der Waals surface area contributed by atoms with Gasteiger partial charge in [0.15, 0.2) is 0 Å². The van der Waals surface area contributed by atoms with E-state index >= 15 is 0 Å². The number of imidazole rings is 1. The number of anilines is 2. The first-order valence-electron chi connectivity index (χ1n) is 5.72. The highest BCUT2D eigenvalue weighted by Crippen LogP contribution is 2.33. The number of halogens is 3. The molecule has 19 heavy (non-hydrogen) atoms. The molecule has 2 aromatic rings. The van der Waals surface area contributed by atoms with E-state index in [4.69, 9.17) is 0 Å². The standard InChI is InChI=1S/C13H14F3N3/c1-8-4-5-10(6-11(8)13(14,15)16)18-12-17-9(2)7-19(12)3/h4-7H,1-3H3,(H,17,18). The number of nitrogens with zero attached hydrogens (tertiary/aromatic N) is 2. The van der Waals surface area contributed by atoms with Gasteiger partial charge in [-0.05, 0) is 31.5 Å². The molecule has 0 aliphatic heterocycles. The molecule has 0 radical (unpaired) electrons. The molecule has 0 saturated carbocycles. The smallest absolute Gasteiger partial charge is 0.326 e. The van der Waals surface area contributed by atoms with E-state index < -0.39 is 11.7 Å². The maximum Gasteiger partial charge on any atom is 0.416 e. The summed E-state index contributed by atoms with van der Waals surface area (Å²) in [5.74, 6) is 0.509. The monoisotopic (exact) mass is 269 g/mol. The van der Waals surface area contributed by atoms with Crippen LogP contribution in [-0.2, 0) is 13.2 Å². The number of nitrogens with one attached hydrogen (secondary N) is 1. The minimum Gasteiger partial charge on any atom is -0.326 e. The zero-order valence-electron chi connectivity index (χ0n) is 10.8. The minimum absolute atomic E-state index is 0.203. The van der Waals surface area contributed by atoms with Crippen molar-refractivity contribution in [2.24, 2.45) is 7.05 Å². The summed E-state index contributed by atoms with van der Waals surface area (Å²) < 4.78 is 40.1. The van der Waals surface area contributed by atoms with Crippen molar-refractivity contribution >= 4 is 11.6 Å². The van der Waals surface area contributed by atoms with E-state index in [9.17, 15) is 13.2 Å². The van der Waals surface area contributed by atoms with Gasteiger partial charge in [-0.1, -0.05) is 6.07 Å². The van der Waals surface area contributed by atoms with Gasteiger partial charge in [-0.2, -0.15) is 13.2 Å². The fourth-order valence-corrected chi connectivity index (χ4v) is 1.87. The van der Waals surface area contributed by atoms with Gasteiger partial charge in [0.1, 0.15) is 0 Å². The summed E-state index contributed by atoms with van der Waals surface area (Å²) in [6.45, 7) is 3.26. The van der Waals surface area contributed by atoms with E-state index in [2.05, 4.69) is 10.3 Å². The molecule has 0 unspecified atom stereocenters. The van der Waals surface area contributed by atoms with Crippen molar-refractivity contribution in [3.63, 3.8) is 0 Å². The fourth-order valence-electron chi connectivity index (χ4n) is 1.87. The molecule has 1 aromatic carbocycles. The van der Waals surface area contributed by atoms with Crippen molar-refractivity contribution in [3.8, 4) is 0 Å². The lowest BCUT2D eigenvalue weighted by molar-refractivity contribution is -0.138. The van der Waals surface area contributed by atoms with Gasteiger partial charge < -0.3 is 9.88 Å². The summed E-state index contributed by atoms with van der Waals surface area (Å²) in [4.78, 5) is 4.19. The molecule has 0 aliphatic carbocycles. The van der Waals surface area contributed by atoms with Gasteiger partial charge >= 0.3 is 6.18 Å². The molecule has 0 bridgehead atoms. The van der Waals surface area contributed by atoms with Crippen LogP contribution in [0.5, 0.6) is 0 Å². The number of alkyl halides is 3. The Kier molecular flexibility index (Phi) is 3.26. The second kappa shape index (κ2) is 4.60. The van der Waals surface area contributed by atoms with E-state index in [0.717, 1.165) is 11.8 Å². The lowest BCUT2D eigenvalue weighted by Gasteiger charge is -2.13. The van der Waals surface area contributed by atoms with Gasteiger partial charge in [0, 0.05) is 18.9 Å². The molecule has 1 N–H and O–H groups in total. The molecule has 1 heterocycles. The molecule has 1 aromatic heterocycles.